The molecule has 3 rings (SSSR count). The Morgan fingerprint density at radius 2 is 1.62 bits per heavy atom. The van der Waals surface area contributed by atoms with Gasteiger partial charge in [0.15, 0.2) is 0 Å². The van der Waals surface area contributed by atoms with Crippen molar-refractivity contribution in [2.24, 2.45) is 0 Å². The number of ether oxygens (including phenoxy) is 1. The van der Waals surface area contributed by atoms with E-state index in [1.165, 1.54) is 0 Å². The van der Waals surface area contributed by atoms with Crippen LogP contribution in [0.5, 0.6) is 11.6 Å². The number of aromatic nitrogens is 2. The minimum Gasteiger partial charge on any atom is -0.439 e. The Bertz CT molecular complexity index is 721. The van der Waals surface area contributed by atoms with E-state index in [0.717, 1.165) is 11.4 Å². The predicted octanol–water partition coefficient (Wildman–Crippen LogP) is 3.47. The van der Waals surface area contributed by atoms with Crippen molar-refractivity contribution in [1.82, 2.24) is 9.78 Å². The largest absolute Gasteiger partial charge is 0.439 e. The molecular weight excluding hydrogens is 264 g/mol. The SMILES string of the molecule is Cc1nn(-c2ccccc2)c(Oc2ccccc2)c1CO. The van der Waals surface area contributed by atoms with Gasteiger partial charge in [-0.15, -0.1) is 0 Å². The van der Waals surface area contributed by atoms with Gasteiger partial charge in [-0.2, -0.15) is 5.10 Å². The summed E-state index contributed by atoms with van der Waals surface area (Å²) in [4.78, 5) is 0. The highest BCUT2D eigenvalue weighted by molar-refractivity contribution is 5.42. The van der Waals surface area contributed by atoms with Crippen molar-refractivity contribution in [3.63, 3.8) is 0 Å². The average Bonchev–Trinajstić information content (AvgIpc) is 2.85. The molecule has 2 aromatic carbocycles. The maximum atomic E-state index is 9.60. The second-order valence-corrected chi connectivity index (χ2v) is 4.69. The van der Waals surface area contributed by atoms with E-state index in [1.807, 2.05) is 67.6 Å². The van der Waals surface area contributed by atoms with Gasteiger partial charge in [0.2, 0.25) is 5.88 Å². The van der Waals surface area contributed by atoms with Crippen LogP contribution in [-0.2, 0) is 6.61 Å². The predicted molar refractivity (Wildman–Crippen MR) is 80.7 cm³/mol. The van der Waals surface area contributed by atoms with Crippen LogP contribution in [0.4, 0.5) is 0 Å². The van der Waals surface area contributed by atoms with Crippen LogP contribution < -0.4 is 4.74 Å². The van der Waals surface area contributed by atoms with Gasteiger partial charge in [-0.25, -0.2) is 4.68 Å². The Hall–Kier alpha value is -2.59. The van der Waals surface area contributed by atoms with Crippen molar-refractivity contribution in [3.8, 4) is 17.3 Å². The van der Waals surface area contributed by atoms with Crippen LogP contribution in [0.25, 0.3) is 5.69 Å². The molecule has 21 heavy (non-hydrogen) atoms. The number of aliphatic hydroxyl groups is 1. The minimum absolute atomic E-state index is 0.110. The normalized spacial score (nSPS) is 10.6. The highest BCUT2D eigenvalue weighted by atomic mass is 16.5. The van der Waals surface area contributed by atoms with E-state index >= 15 is 0 Å². The van der Waals surface area contributed by atoms with E-state index in [-0.39, 0.29) is 6.61 Å². The summed E-state index contributed by atoms with van der Waals surface area (Å²) in [7, 11) is 0. The molecule has 0 amide bonds. The Morgan fingerprint density at radius 1 is 1.00 bits per heavy atom. The van der Waals surface area contributed by atoms with E-state index < -0.39 is 0 Å². The second-order valence-electron chi connectivity index (χ2n) is 4.69. The average molecular weight is 280 g/mol. The van der Waals surface area contributed by atoms with Gasteiger partial charge in [0.05, 0.1) is 23.6 Å². The third-order valence-corrected chi connectivity index (χ3v) is 3.25. The molecule has 106 valence electrons. The lowest BCUT2D eigenvalue weighted by molar-refractivity contribution is 0.275. The molecule has 0 spiro atoms. The van der Waals surface area contributed by atoms with Gasteiger partial charge in [-0.1, -0.05) is 36.4 Å². The minimum atomic E-state index is -0.110. The van der Waals surface area contributed by atoms with Crippen LogP contribution >= 0.6 is 0 Å². The van der Waals surface area contributed by atoms with Crippen molar-refractivity contribution in [1.29, 1.82) is 0 Å². The fourth-order valence-electron chi connectivity index (χ4n) is 2.17. The zero-order valence-electron chi connectivity index (χ0n) is 11.7. The zero-order valence-corrected chi connectivity index (χ0v) is 11.7. The second kappa shape index (κ2) is 5.81. The van der Waals surface area contributed by atoms with E-state index in [2.05, 4.69) is 5.10 Å². The summed E-state index contributed by atoms with van der Waals surface area (Å²) in [6, 6.07) is 19.2. The van der Waals surface area contributed by atoms with Crippen LogP contribution in [0.15, 0.2) is 60.7 Å². The first-order valence-corrected chi connectivity index (χ1v) is 6.77. The molecule has 3 aromatic rings. The molecular formula is C17H16N2O2. The molecule has 0 aliphatic carbocycles. The monoisotopic (exact) mass is 280 g/mol. The van der Waals surface area contributed by atoms with Crippen LogP contribution in [0, 0.1) is 6.92 Å². The number of hydrogen-bond donors (Lipinski definition) is 1. The molecule has 1 heterocycles. The van der Waals surface area contributed by atoms with Gasteiger partial charge >= 0.3 is 0 Å². The number of benzene rings is 2. The summed E-state index contributed by atoms with van der Waals surface area (Å²) in [6.07, 6.45) is 0. The molecule has 0 aliphatic heterocycles. The van der Waals surface area contributed by atoms with Gasteiger partial charge in [-0.3, -0.25) is 0 Å². The fourth-order valence-corrected chi connectivity index (χ4v) is 2.17. The molecule has 0 unspecified atom stereocenters. The summed E-state index contributed by atoms with van der Waals surface area (Å²) >= 11 is 0. The highest BCUT2D eigenvalue weighted by Crippen LogP contribution is 2.30. The summed E-state index contributed by atoms with van der Waals surface area (Å²) in [5.41, 5.74) is 2.35. The number of aliphatic hydroxyl groups excluding tert-OH is 1. The van der Waals surface area contributed by atoms with E-state index in [9.17, 15) is 5.11 Å². The number of hydrogen-bond acceptors (Lipinski definition) is 3. The zero-order chi connectivity index (χ0) is 14.7. The van der Waals surface area contributed by atoms with E-state index in [1.54, 1.807) is 4.68 Å². The molecule has 0 saturated heterocycles. The molecule has 0 aliphatic rings. The first kappa shape index (κ1) is 13.4. The summed E-state index contributed by atoms with van der Waals surface area (Å²) < 4.78 is 7.66. The molecule has 0 bridgehead atoms. The highest BCUT2D eigenvalue weighted by Gasteiger charge is 2.17. The van der Waals surface area contributed by atoms with Crippen molar-refractivity contribution >= 4 is 0 Å². The van der Waals surface area contributed by atoms with Crippen molar-refractivity contribution in [3.05, 3.63) is 71.9 Å². The third-order valence-electron chi connectivity index (χ3n) is 3.25. The maximum absolute atomic E-state index is 9.60. The van der Waals surface area contributed by atoms with Crippen LogP contribution in [0.2, 0.25) is 0 Å². The van der Waals surface area contributed by atoms with Crippen LogP contribution in [0.1, 0.15) is 11.3 Å². The van der Waals surface area contributed by atoms with Gasteiger partial charge < -0.3 is 9.84 Å². The molecule has 0 fully saturated rings. The molecule has 4 nitrogen and oxygen atoms in total. The fraction of sp³-hybridized carbons (Fsp3) is 0.118. The van der Waals surface area contributed by atoms with Crippen molar-refractivity contribution in [2.75, 3.05) is 0 Å². The summed E-state index contributed by atoms with van der Waals surface area (Å²) in [6.45, 7) is 1.75. The molecule has 0 radical (unpaired) electrons. The first-order valence-electron chi connectivity index (χ1n) is 6.77. The topological polar surface area (TPSA) is 47.3 Å². The quantitative estimate of drug-likeness (QED) is 0.796. The standard InChI is InChI=1S/C17H16N2O2/c1-13-16(12-20)17(21-15-10-6-3-7-11-15)19(18-13)14-8-4-2-5-9-14/h2-11,20H,12H2,1H3. The first-order chi connectivity index (χ1) is 10.3. The number of nitrogens with zero attached hydrogens (tertiary/aromatic N) is 2. The van der Waals surface area contributed by atoms with Gasteiger partial charge in [0.1, 0.15) is 5.75 Å². The molecule has 1 aromatic heterocycles. The Labute approximate surface area is 123 Å². The third kappa shape index (κ3) is 2.66. The Balaban J connectivity index is 2.09. The lowest BCUT2D eigenvalue weighted by atomic mass is 10.2. The van der Waals surface area contributed by atoms with Gasteiger partial charge in [-0.05, 0) is 31.2 Å². The van der Waals surface area contributed by atoms with E-state index in [4.69, 9.17) is 4.74 Å². The lowest BCUT2D eigenvalue weighted by Crippen LogP contribution is -2.00. The smallest absolute Gasteiger partial charge is 0.228 e. The Morgan fingerprint density at radius 3 is 2.24 bits per heavy atom. The van der Waals surface area contributed by atoms with Crippen molar-refractivity contribution in [2.45, 2.75) is 13.5 Å². The molecule has 4 heteroatoms. The number of para-hydroxylation sites is 2. The summed E-state index contributed by atoms with van der Waals surface area (Å²) in [5.74, 6) is 1.26. The summed E-state index contributed by atoms with van der Waals surface area (Å²) in [5, 5.41) is 14.1. The number of rotatable bonds is 4. The Kier molecular flexibility index (Phi) is 3.71. The van der Waals surface area contributed by atoms with Gasteiger partial charge in [0, 0.05) is 0 Å². The lowest BCUT2D eigenvalue weighted by Gasteiger charge is -2.10. The van der Waals surface area contributed by atoms with Crippen LogP contribution in [-0.4, -0.2) is 14.9 Å². The van der Waals surface area contributed by atoms with Crippen LogP contribution in [0.3, 0.4) is 0 Å². The number of aryl methyl sites for hydroxylation is 1. The molecule has 0 atom stereocenters. The van der Waals surface area contributed by atoms with E-state index in [0.29, 0.717) is 17.2 Å². The molecule has 0 saturated carbocycles. The van der Waals surface area contributed by atoms with Gasteiger partial charge in [0.25, 0.3) is 0 Å². The molecule has 1 N–H and O–H groups in total. The van der Waals surface area contributed by atoms with Crippen molar-refractivity contribution < 1.29 is 9.84 Å². The maximum Gasteiger partial charge on any atom is 0.228 e.